The fourth-order valence-corrected chi connectivity index (χ4v) is 2.83. The van der Waals surface area contributed by atoms with E-state index in [0.717, 1.165) is 4.47 Å². The van der Waals surface area contributed by atoms with Gasteiger partial charge in [-0.25, -0.2) is 0 Å². The Kier molecular flexibility index (Phi) is 4.34. The van der Waals surface area contributed by atoms with Crippen molar-refractivity contribution in [3.05, 3.63) is 58.0 Å². The number of nitrogens with one attached hydrogen (secondary N) is 1. The fourth-order valence-electron chi connectivity index (χ4n) is 2.16. The number of terminal acetylenes is 1. The standard InChI is InChI=1S/C17H9BrN2O3S/c1-2-12-6-7-13(23-12)9-14-15(21)19-17(24)20(16(14)22)11-5-3-4-10(18)8-11/h1,3-9H,(H,19,21,24). The number of halogens is 1. The van der Waals surface area contributed by atoms with E-state index >= 15 is 0 Å². The molecule has 24 heavy (non-hydrogen) atoms. The SMILES string of the molecule is C#Cc1ccc(C=C2C(=O)NC(=S)N(c3cccc(Br)c3)C2=O)o1. The highest BCUT2D eigenvalue weighted by molar-refractivity contribution is 9.10. The Bertz CT molecular complexity index is 939. The van der Waals surface area contributed by atoms with E-state index in [4.69, 9.17) is 23.1 Å². The minimum absolute atomic E-state index is 0.0176. The number of amides is 2. The summed E-state index contributed by atoms with van der Waals surface area (Å²) in [6.07, 6.45) is 6.58. The number of carbonyl (C=O) groups excluding carboxylic acids is 2. The van der Waals surface area contributed by atoms with Gasteiger partial charge in [-0.3, -0.25) is 19.8 Å². The molecule has 1 aromatic carbocycles. The van der Waals surface area contributed by atoms with E-state index in [1.165, 1.54) is 11.0 Å². The van der Waals surface area contributed by atoms with Crippen LogP contribution in [0.5, 0.6) is 0 Å². The summed E-state index contributed by atoms with van der Waals surface area (Å²) >= 11 is 8.47. The lowest BCUT2D eigenvalue weighted by molar-refractivity contribution is -0.122. The van der Waals surface area contributed by atoms with E-state index in [-0.39, 0.29) is 10.7 Å². The maximum absolute atomic E-state index is 12.8. The van der Waals surface area contributed by atoms with E-state index in [1.807, 2.05) is 6.07 Å². The fraction of sp³-hybridized carbons (Fsp3) is 0. The Morgan fingerprint density at radius 2 is 2.08 bits per heavy atom. The van der Waals surface area contributed by atoms with Crippen LogP contribution in [0.4, 0.5) is 5.69 Å². The predicted octanol–water partition coefficient (Wildman–Crippen LogP) is 2.85. The molecule has 0 aliphatic carbocycles. The number of hydrogen-bond donors (Lipinski definition) is 1. The summed E-state index contributed by atoms with van der Waals surface area (Å²) in [4.78, 5) is 26.1. The van der Waals surface area contributed by atoms with Crippen molar-refractivity contribution >= 4 is 56.8 Å². The number of carbonyl (C=O) groups is 2. The lowest BCUT2D eigenvalue weighted by atomic mass is 10.1. The van der Waals surface area contributed by atoms with Crippen molar-refractivity contribution in [2.24, 2.45) is 0 Å². The lowest BCUT2D eigenvalue weighted by Gasteiger charge is -2.28. The van der Waals surface area contributed by atoms with Crippen LogP contribution in [0.15, 0.2) is 50.9 Å². The summed E-state index contributed by atoms with van der Waals surface area (Å²) in [5.41, 5.74) is 0.440. The van der Waals surface area contributed by atoms with Gasteiger partial charge in [0.1, 0.15) is 11.3 Å². The quantitative estimate of drug-likeness (QED) is 0.364. The molecule has 0 radical (unpaired) electrons. The van der Waals surface area contributed by atoms with Crippen LogP contribution < -0.4 is 10.2 Å². The lowest BCUT2D eigenvalue weighted by Crippen LogP contribution is -2.54. The molecule has 2 amide bonds. The number of hydrogen-bond acceptors (Lipinski definition) is 4. The van der Waals surface area contributed by atoms with Gasteiger partial charge in [0.15, 0.2) is 10.9 Å². The van der Waals surface area contributed by atoms with Gasteiger partial charge in [-0.2, -0.15) is 0 Å². The second kappa shape index (κ2) is 6.43. The van der Waals surface area contributed by atoms with E-state index in [1.54, 1.807) is 30.3 Å². The first-order valence-corrected chi connectivity index (χ1v) is 7.93. The van der Waals surface area contributed by atoms with Crippen molar-refractivity contribution in [1.82, 2.24) is 5.32 Å². The largest absolute Gasteiger partial charge is 0.448 e. The number of rotatable bonds is 2. The molecule has 1 saturated heterocycles. The Morgan fingerprint density at radius 3 is 2.75 bits per heavy atom. The highest BCUT2D eigenvalue weighted by Gasteiger charge is 2.34. The van der Waals surface area contributed by atoms with Gasteiger partial charge in [-0.05, 0) is 54.5 Å². The minimum Gasteiger partial charge on any atom is -0.448 e. The van der Waals surface area contributed by atoms with Gasteiger partial charge in [0, 0.05) is 4.47 Å². The molecular weight excluding hydrogens is 392 g/mol. The smallest absolute Gasteiger partial charge is 0.270 e. The first-order valence-electron chi connectivity index (χ1n) is 6.73. The zero-order chi connectivity index (χ0) is 17.3. The van der Waals surface area contributed by atoms with Crippen LogP contribution in [-0.2, 0) is 9.59 Å². The van der Waals surface area contributed by atoms with Crippen LogP contribution in [-0.4, -0.2) is 16.9 Å². The maximum atomic E-state index is 12.8. The molecule has 1 N–H and O–H groups in total. The monoisotopic (exact) mass is 400 g/mol. The third-order valence-corrected chi connectivity index (χ3v) is 4.00. The van der Waals surface area contributed by atoms with Gasteiger partial charge in [0.25, 0.3) is 11.8 Å². The van der Waals surface area contributed by atoms with Crippen molar-refractivity contribution in [2.75, 3.05) is 4.90 Å². The second-order valence-corrected chi connectivity index (χ2v) is 6.09. The molecular formula is C17H9BrN2O3S. The molecule has 0 atom stereocenters. The van der Waals surface area contributed by atoms with E-state index < -0.39 is 11.8 Å². The minimum atomic E-state index is -0.588. The van der Waals surface area contributed by atoms with Crippen LogP contribution in [0.25, 0.3) is 6.08 Å². The van der Waals surface area contributed by atoms with Gasteiger partial charge >= 0.3 is 0 Å². The Morgan fingerprint density at radius 1 is 1.29 bits per heavy atom. The van der Waals surface area contributed by atoms with Crippen LogP contribution in [0.3, 0.4) is 0 Å². The second-order valence-electron chi connectivity index (χ2n) is 4.78. The Hall–Kier alpha value is -2.69. The summed E-state index contributed by atoms with van der Waals surface area (Å²) in [6, 6.07) is 10.2. The van der Waals surface area contributed by atoms with Crippen molar-refractivity contribution in [3.63, 3.8) is 0 Å². The highest BCUT2D eigenvalue weighted by atomic mass is 79.9. The van der Waals surface area contributed by atoms with E-state index in [9.17, 15) is 9.59 Å². The van der Waals surface area contributed by atoms with E-state index in [2.05, 4.69) is 27.2 Å². The van der Waals surface area contributed by atoms with Crippen LogP contribution in [0.2, 0.25) is 0 Å². The summed E-state index contributed by atoms with van der Waals surface area (Å²) in [7, 11) is 0. The highest BCUT2D eigenvalue weighted by Crippen LogP contribution is 2.25. The Labute approximate surface area is 151 Å². The first kappa shape index (κ1) is 16.2. The van der Waals surface area contributed by atoms with Gasteiger partial charge in [-0.1, -0.05) is 22.0 Å². The molecule has 2 heterocycles. The third kappa shape index (κ3) is 3.02. The number of benzene rings is 1. The van der Waals surface area contributed by atoms with Gasteiger partial charge in [-0.15, -0.1) is 6.42 Å². The molecule has 1 aliphatic rings. The number of anilines is 1. The number of thiocarbonyl (C=S) groups is 1. The number of furan rings is 1. The summed E-state index contributed by atoms with van der Waals surface area (Å²) in [6.45, 7) is 0. The zero-order valence-electron chi connectivity index (χ0n) is 12.1. The van der Waals surface area contributed by atoms with Crippen molar-refractivity contribution in [1.29, 1.82) is 0 Å². The molecule has 2 aromatic rings. The van der Waals surface area contributed by atoms with Crippen LogP contribution in [0.1, 0.15) is 11.5 Å². The van der Waals surface area contributed by atoms with Gasteiger partial charge in [0.05, 0.1) is 5.69 Å². The molecule has 0 unspecified atom stereocenters. The summed E-state index contributed by atoms with van der Waals surface area (Å²) in [5.74, 6) is 1.83. The van der Waals surface area contributed by atoms with E-state index in [0.29, 0.717) is 17.2 Å². The normalized spacial score (nSPS) is 16.2. The van der Waals surface area contributed by atoms with Gasteiger partial charge < -0.3 is 4.42 Å². The molecule has 5 nitrogen and oxygen atoms in total. The average molecular weight is 401 g/mol. The number of nitrogens with zero attached hydrogens (tertiary/aromatic N) is 1. The maximum Gasteiger partial charge on any atom is 0.270 e. The molecule has 0 spiro atoms. The average Bonchev–Trinajstić information content (AvgIpc) is 2.99. The molecule has 0 saturated carbocycles. The first-order chi connectivity index (χ1) is 11.5. The topological polar surface area (TPSA) is 62.6 Å². The molecule has 1 aliphatic heterocycles. The van der Waals surface area contributed by atoms with Crippen LogP contribution in [0, 0.1) is 12.3 Å². The predicted molar refractivity (Wildman–Crippen MR) is 97.0 cm³/mol. The zero-order valence-corrected chi connectivity index (χ0v) is 14.5. The third-order valence-electron chi connectivity index (χ3n) is 3.22. The molecule has 118 valence electrons. The molecule has 7 heteroatoms. The summed E-state index contributed by atoms with van der Waals surface area (Å²) in [5, 5.41) is 2.52. The van der Waals surface area contributed by atoms with Crippen molar-refractivity contribution < 1.29 is 14.0 Å². The molecule has 0 bridgehead atoms. The Balaban J connectivity index is 2.01. The van der Waals surface area contributed by atoms with Crippen LogP contribution >= 0.6 is 28.1 Å². The molecule has 3 rings (SSSR count). The van der Waals surface area contributed by atoms with Crippen molar-refractivity contribution in [3.8, 4) is 12.3 Å². The molecule has 1 fully saturated rings. The van der Waals surface area contributed by atoms with Gasteiger partial charge in [0.2, 0.25) is 0 Å². The summed E-state index contributed by atoms with van der Waals surface area (Å²) < 4.78 is 6.10. The van der Waals surface area contributed by atoms with Crippen molar-refractivity contribution in [2.45, 2.75) is 0 Å². The molecule has 1 aromatic heterocycles.